The van der Waals surface area contributed by atoms with Gasteiger partial charge in [-0.05, 0) is 46.9 Å². The lowest BCUT2D eigenvalue weighted by Crippen LogP contribution is -3.10. The molecule has 2 aliphatic rings. The minimum atomic E-state index is -0.339. The van der Waals surface area contributed by atoms with Gasteiger partial charge in [-0.3, -0.25) is 14.5 Å². The third-order valence-corrected chi connectivity index (χ3v) is 6.62. The van der Waals surface area contributed by atoms with Crippen molar-refractivity contribution in [2.45, 2.75) is 39.0 Å². The predicted molar refractivity (Wildman–Crippen MR) is 135 cm³/mol. The van der Waals surface area contributed by atoms with Crippen LogP contribution in [0.25, 0.3) is 6.08 Å². The Bertz CT molecular complexity index is 1080. The molecule has 2 aromatic rings. The third-order valence-electron chi connectivity index (χ3n) is 6.37. The van der Waals surface area contributed by atoms with Crippen LogP contribution in [-0.2, 0) is 15.0 Å². The molecule has 0 bridgehead atoms. The molecule has 1 fully saturated rings. The van der Waals surface area contributed by atoms with Crippen LogP contribution in [0.1, 0.15) is 44.7 Å². The van der Waals surface area contributed by atoms with Gasteiger partial charge in [0.1, 0.15) is 6.54 Å². The van der Waals surface area contributed by atoms with Crippen molar-refractivity contribution in [1.82, 2.24) is 5.32 Å². The number of benzene rings is 2. The van der Waals surface area contributed by atoms with E-state index in [4.69, 9.17) is 16.3 Å². The normalized spacial score (nSPS) is 17.6. The van der Waals surface area contributed by atoms with Crippen LogP contribution in [0.15, 0.2) is 48.2 Å². The van der Waals surface area contributed by atoms with Crippen LogP contribution >= 0.6 is 11.6 Å². The van der Waals surface area contributed by atoms with Gasteiger partial charge in [-0.1, -0.05) is 50.6 Å². The van der Waals surface area contributed by atoms with Crippen LogP contribution < -0.4 is 19.9 Å². The topological polar surface area (TPSA) is 63.1 Å². The van der Waals surface area contributed by atoms with Crippen LogP contribution in [-0.4, -0.2) is 44.5 Å². The number of nitrogens with one attached hydrogen (secondary N) is 2. The monoisotopic (exact) mass is 482 g/mol. The number of ether oxygens (including phenoxy) is 1. The zero-order chi connectivity index (χ0) is 24.3. The molecule has 2 heterocycles. The lowest BCUT2D eigenvalue weighted by atomic mass is 9.86. The highest BCUT2D eigenvalue weighted by molar-refractivity contribution is 6.30. The second-order valence-corrected chi connectivity index (χ2v) is 10.5. The molecule has 0 aromatic heterocycles. The molecule has 6 nitrogen and oxygen atoms in total. The van der Waals surface area contributed by atoms with Gasteiger partial charge in [0, 0.05) is 17.9 Å². The summed E-state index contributed by atoms with van der Waals surface area (Å²) in [5.74, 6) is 0.218. The van der Waals surface area contributed by atoms with Gasteiger partial charge in [0.05, 0.1) is 31.9 Å². The quantitative estimate of drug-likeness (QED) is 0.621. The molecule has 0 saturated carbocycles. The van der Waals surface area contributed by atoms with Gasteiger partial charge >= 0.3 is 0 Å². The molecule has 0 aliphatic carbocycles. The number of likely N-dealkylation sites (tertiary alicyclic amines) is 1. The van der Waals surface area contributed by atoms with E-state index in [1.54, 1.807) is 18.2 Å². The van der Waals surface area contributed by atoms with Crippen LogP contribution in [0.4, 0.5) is 5.69 Å². The largest absolute Gasteiger partial charge is 0.449 e. The smallest absolute Gasteiger partial charge is 0.294 e. The summed E-state index contributed by atoms with van der Waals surface area (Å²) in [5.41, 5.74) is 2.37. The summed E-state index contributed by atoms with van der Waals surface area (Å²) in [6.45, 7) is 10.1. The number of carbonyl (C=O) groups is 2. The van der Waals surface area contributed by atoms with Crippen LogP contribution in [0, 0.1) is 0 Å². The van der Waals surface area contributed by atoms with E-state index in [2.05, 4.69) is 26.1 Å². The van der Waals surface area contributed by atoms with Gasteiger partial charge in [0.15, 0.2) is 11.5 Å². The lowest BCUT2D eigenvalue weighted by molar-refractivity contribution is -0.886. The Morgan fingerprint density at radius 3 is 2.53 bits per heavy atom. The molecule has 2 N–H and O–H groups in total. The number of anilines is 1. The first-order valence-electron chi connectivity index (χ1n) is 11.9. The fraction of sp³-hybridized carbons (Fsp3) is 0.407. The summed E-state index contributed by atoms with van der Waals surface area (Å²) in [4.78, 5) is 29.3. The van der Waals surface area contributed by atoms with Crippen molar-refractivity contribution in [3.05, 3.63) is 64.4 Å². The Labute approximate surface area is 206 Å². The van der Waals surface area contributed by atoms with Crippen molar-refractivity contribution in [3.8, 4) is 5.75 Å². The number of quaternary nitrogens is 1. The Balaban J connectivity index is 1.58. The van der Waals surface area contributed by atoms with E-state index in [1.165, 1.54) is 35.7 Å². The molecule has 0 atom stereocenters. The average Bonchev–Trinajstić information content (AvgIpc) is 3.31. The molecule has 180 valence electrons. The molecule has 2 aromatic carbocycles. The minimum Gasteiger partial charge on any atom is -0.449 e. The van der Waals surface area contributed by atoms with Crippen molar-refractivity contribution in [2.75, 3.05) is 37.6 Å². The molecule has 1 saturated heterocycles. The standard InChI is InChI=1S/C27H32ClN3O3/c1-27(2,3)20-8-11-23-22(17-20)31(18-25(32)29-12-15-30-13-4-5-14-30)26(33)24(34-23)16-19-6-9-21(28)10-7-19/h6-11,16-17H,4-5,12-15,18H2,1-3H3,(H,29,32)/p+1. The van der Waals surface area contributed by atoms with E-state index in [-0.39, 0.29) is 29.5 Å². The second kappa shape index (κ2) is 10.2. The van der Waals surface area contributed by atoms with Crippen molar-refractivity contribution in [1.29, 1.82) is 0 Å². The van der Waals surface area contributed by atoms with E-state index in [0.29, 0.717) is 23.0 Å². The molecule has 0 unspecified atom stereocenters. The Morgan fingerprint density at radius 1 is 1.15 bits per heavy atom. The number of nitrogens with zero attached hydrogens (tertiary/aromatic N) is 1. The number of hydrogen-bond acceptors (Lipinski definition) is 3. The maximum Gasteiger partial charge on any atom is 0.294 e. The first-order valence-corrected chi connectivity index (χ1v) is 12.3. The SMILES string of the molecule is CC(C)(C)c1ccc2c(c1)N(CC(=O)NCC[NH+]1CCCC1)C(=O)C(=Cc1ccc(Cl)cc1)O2. The van der Waals surface area contributed by atoms with E-state index in [9.17, 15) is 9.59 Å². The van der Waals surface area contributed by atoms with Crippen molar-refractivity contribution < 1.29 is 19.2 Å². The number of carbonyl (C=O) groups excluding carboxylic acids is 2. The first-order chi connectivity index (χ1) is 16.2. The molecule has 0 spiro atoms. The van der Waals surface area contributed by atoms with Gasteiger partial charge in [-0.2, -0.15) is 0 Å². The maximum absolute atomic E-state index is 13.5. The molecule has 34 heavy (non-hydrogen) atoms. The summed E-state index contributed by atoms with van der Waals surface area (Å²) >= 11 is 5.99. The summed E-state index contributed by atoms with van der Waals surface area (Å²) in [7, 11) is 0. The molecule has 2 amide bonds. The zero-order valence-corrected chi connectivity index (χ0v) is 20.9. The lowest BCUT2D eigenvalue weighted by Gasteiger charge is -2.32. The number of rotatable bonds is 6. The van der Waals surface area contributed by atoms with E-state index in [0.717, 1.165) is 17.7 Å². The Morgan fingerprint density at radius 2 is 1.85 bits per heavy atom. The summed E-state index contributed by atoms with van der Waals surface area (Å²) < 4.78 is 6.01. The highest BCUT2D eigenvalue weighted by atomic mass is 35.5. The predicted octanol–water partition coefficient (Wildman–Crippen LogP) is 3.20. The van der Waals surface area contributed by atoms with Gasteiger partial charge in [0.2, 0.25) is 5.91 Å². The van der Waals surface area contributed by atoms with E-state index >= 15 is 0 Å². The number of amides is 2. The number of fused-ring (bicyclic) bond motifs is 1. The summed E-state index contributed by atoms with van der Waals surface area (Å²) in [6, 6.07) is 13.0. The number of halogens is 1. The summed E-state index contributed by atoms with van der Waals surface area (Å²) in [6.07, 6.45) is 4.18. The highest BCUT2D eigenvalue weighted by Crippen LogP contribution is 2.39. The van der Waals surface area contributed by atoms with Crippen molar-refractivity contribution in [3.63, 3.8) is 0 Å². The highest BCUT2D eigenvalue weighted by Gasteiger charge is 2.33. The van der Waals surface area contributed by atoms with Crippen molar-refractivity contribution >= 4 is 35.2 Å². The van der Waals surface area contributed by atoms with Crippen LogP contribution in [0.5, 0.6) is 5.75 Å². The molecular formula is C27H33ClN3O3+. The first kappa shape index (κ1) is 24.3. The molecule has 0 radical (unpaired) electrons. The minimum absolute atomic E-state index is 0.0594. The maximum atomic E-state index is 13.5. The fourth-order valence-electron chi connectivity index (χ4n) is 4.35. The van der Waals surface area contributed by atoms with Gasteiger partial charge in [0.25, 0.3) is 5.91 Å². The Kier molecular flexibility index (Phi) is 7.29. The zero-order valence-electron chi connectivity index (χ0n) is 20.1. The Hall–Kier alpha value is -2.83. The average molecular weight is 483 g/mol. The molecule has 4 rings (SSSR count). The molecule has 2 aliphatic heterocycles. The molecule has 7 heteroatoms. The van der Waals surface area contributed by atoms with Crippen LogP contribution in [0.3, 0.4) is 0 Å². The second-order valence-electron chi connectivity index (χ2n) is 10.0. The van der Waals surface area contributed by atoms with E-state index < -0.39 is 0 Å². The molecular weight excluding hydrogens is 450 g/mol. The van der Waals surface area contributed by atoms with Gasteiger partial charge < -0.3 is 15.0 Å². The number of hydrogen-bond donors (Lipinski definition) is 2. The van der Waals surface area contributed by atoms with Gasteiger partial charge in [-0.15, -0.1) is 0 Å². The van der Waals surface area contributed by atoms with Crippen LogP contribution in [0.2, 0.25) is 5.02 Å². The van der Waals surface area contributed by atoms with E-state index in [1.807, 2.05) is 30.3 Å². The summed E-state index contributed by atoms with van der Waals surface area (Å²) in [5, 5.41) is 3.61. The fourth-order valence-corrected chi connectivity index (χ4v) is 4.47. The van der Waals surface area contributed by atoms with Gasteiger partial charge in [-0.25, -0.2) is 0 Å². The third kappa shape index (κ3) is 5.80. The van der Waals surface area contributed by atoms with Crippen molar-refractivity contribution in [2.24, 2.45) is 0 Å².